The van der Waals surface area contributed by atoms with Crippen LogP contribution >= 0.6 is 15.6 Å². The second kappa shape index (κ2) is 21.9. The summed E-state index contributed by atoms with van der Waals surface area (Å²) in [5, 5.41) is 0. The SMILES string of the molecule is CN(C)CCOP(=O)(O)OCCCCCCCCCCCCCCCCOP(=O)(O)OCC[N+](C)(C)C. The minimum atomic E-state index is -3.92. The van der Waals surface area contributed by atoms with Crippen LogP contribution in [0.5, 0.6) is 0 Å². The van der Waals surface area contributed by atoms with Gasteiger partial charge in [-0.3, -0.25) is 18.1 Å². The Labute approximate surface area is 226 Å². The number of likely N-dealkylation sites (N-methyl/N-ethyl adjacent to an activating group) is 2. The smallest absolute Gasteiger partial charge is 0.329 e. The number of hydrogen-bond donors (Lipinski definition) is 2. The van der Waals surface area contributed by atoms with E-state index >= 15 is 0 Å². The highest BCUT2D eigenvalue weighted by Crippen LogP contribution is 2.43. The first-order valence-electron chi connectivity index (χ1n) is 14.0. The molecule has 0 aromatic rings. The average molecular weight is 576 g/mol. The number of phosphoric acid groups is 2. The van der Waals surface area contributed by atoms with Gasteiger partial charge in [-0.15, -0.1) is 0 Å². The summed E-state index contributed by atoms with van der Waals surface area (Å²) in [5.74, 6) is 0. The zero-order chi connectivity index (χ0) is 28.0. The van der Waals surface area contributed by atoms with E-state index < -0.39 is 15.6 Å². The van der Waals surface area contributed by atoms with Gasteiger partial charge in [-0.2, -0.15) is 0 Å². The van der Waals surface area contributed by atoms with Crippen LogP contribution in [-0.4, -0.2) is 93.9 Å². The largest absolute Gasteiger partial charge is 0.472 e. The predicted molar refractivity (Wildman–Crippen MR) is 150 cm³/mol. The highest BCUT2D eigenvalue weighted by molar-refractivity contribution is 7.47. The molecule has 0 aliphatic heterocycles. The minimum Gasteiger partial charge on any atom is -0.329 e. The van der Waals surface area contributed by atoms with Gasteiger partial charge in [-0.25, -0.2) is 9.13 Å². The van der Waals surface area contributed by atoms with Crippen molar-refractivity contribution in [2.45, 2.75) is 89.9 Å². The van der Waals surface area contributed by atoms with Gasteiger partial charge >= 0.3 is 15.6 Å². The minimum absolute atomic E-state index is 0.181. The molecule has 0 aromatic carbocycles. The van der Waals surface area contributed by atoms with E-state index in [1.54, 1.807) is 0 Å². The van der Waals surface area contributed by atoms with Crippen LogP contribution in [0, 0.1) is 0 Å². The zero-order valence-electron chi connectivity index (χ0n) is 24.3. The van der Waals surface area contributed by atoms with Crippen LogP contribution in [0.4, 0.5) is 0 Å². The second-order valence-corrected chi connectivity index (χ2v) is 13.9. The van der Waals surface area contributed by atoms with Crippen molar-refractivity contribution >= 4 is 15.6 Å². The maximum absolute atomic E-state index is 11.8. The van der Waals surface area contributed by atoms with Crippen molar-refractivity contribution in [1.82, 2.24) is 4.90 Å². The maximum Gasteiger partial charge on any atom is 0.472 e. The van der Waals surface area contributed by atoms with Gasteiger partial charge in [-0.05, 0) is 26.9 Å². The topological polar surface area (TPSA) is 115 Å². The Morgan fingerprint density at radius 3 is 1.16 bits per heavy atom. The van der Waals surface area contributed by atoms with E-state index in [0.717, 1.165) is 38.5 Å². The third kappa shape index (κ3) is 29.0. The van der Waals surface area contributed by atoms with Gasteiger partial charge in [0.15, 0.2) is 0 Å². The van der Waals surface area contributed by atoms with Crippen LogP contribution in [-0.2, 0) is 27.2 Å². The predicted octanol–water partition coefficient (Wildman–Crippen LogP) is 5.98. The second-order valence-electron chi connectivity index (χ2n) is 11.0. The van der Waals surface area contributed by atoms with Crippen molar-refractivity contribution in [3.63, 3.8) is 0 Å². The van der Waals surface area contributed by atoms with E-state index in [4.69, 9.17) is 18.1 Å². The maximum atomic E-state index is 11.8. The molecule has 0 bridgehead atoms. The normalized spacial score (nSPS) is 15.7. The number of quaternary nitrogens is 1. The third-order valence-corrected chi connectivity index (χ3v) is 7.89. The van der Waals surface area contributed by atoms with Gasteiger partial charge in [0, 0.05) is 6.54 Å². The lowest BCUT2D eigenvalue weighted by atomic mass is 10.0. The fraction of sp³-hybridized carbons (Fsp3) is 1.00. The van der Waals surface area contributed by atoms with E-state index in [0.29, 0.717) is 17.6 Å². The van der Waals surface area contributed by atoms with E-state index in [2.05, 4.69) is 0 Å². The molecule has 0 aliphatic rings. The molecule has 2 atom stereocenters. The molecule has 0 amide bonds. The van der Waals surface area contributed by atoms with Crippen LogP contribution in [0.25, 0.3) is 0 Å². The van der Waals surface area contributed by atoms with E-state index in [9.17, 15) is 18.9 Å². The molecule has 224 valence electrons. The molecule has 0 spiro atoms. The molecule has 0 rings (SSSR count). The van der Waals surface area contributed by atoms with Crippen molar-refractivity contribution in [3.8, 4) is 0 Å². The summed E-state index contributed by atoms with van der Waals surface area (Å²) in [6, 6.07) is 0. The van der Waals surface area contributed by atoms with E-state index in [-0.39, 0.29) is 26.4 Å². The lowest BCUT2D eigenvalue weighted by Gasteiger charge is -2.24. The fourth-order valence-electron chi connectivity index (χ4n) is 3.53. The van der Waals surface area contributed by atoms with Crippen LogP contribution in [0.3, 0.4) is 0 Å². The van der Waals surface area contributed by atoms with Crippen LogP contribution < -0.4 is 0 Å². The number of nitrogens with zero attached hydrogens (tertiary/aromatic N) is 2. The highest BCUT2D eigenvalue weighted by Gasteiger charge is 2.22. The lowest BCUT2D eigenvalue weighted by Crippen LogP contribution is -2.37. The molecule has 2 unspecified atom stereocenters. The fourth-order valence-corrected chi connectivity index (χ4v) is 5.02. The summed E-state index contributed by atoms with van der Waals surface area (Å²) in [7, 11) is 1.93. The number of phosphoric ester groups is 2. The highest BCUT2D eigenvalue weighted by atomic mass is 31.2. The Morgan fingerprint density at radius 1 is 0.541 bits per heavy atom. The molecule has 2 N–H and O–H groups in total. The van der Waals surface area contributed by atoms with Gasteiger partial charge < -0.3 is 19.2 Å². The van der Waals surface area contributed by atoms with Gasteiger partial charge in [0.25, 0.3) is 0 Å². The van der Waals surface area contributed by atoms with Crippen molar-refractivity contribution in [2.24, 2.45) is 0 Å². The van der Waals surface area contributed by atoms with Crippen molar-refractivity contribution < 1.29 is 41.5 Å². The lowest BCUT2D eigenvalue weighted by molar-refractivity contribution is -0.870. The average Bonchev–Trinajstić information content (AvgIpc) is 2.76. The Kier molecular flexibility index (Phi) is 22.0. The molecular weight excluding hydrogens is 518 g/mol. The molecule has 0 saturated carbocycles. The van der Waals surface area contributed by atoms with Gasteiger partial charge in [-0.1, -0.05) is 77.0 Å². The Hall–Kier alpha value is 0.140. The van der Waals surface area contributed by atoms with Crippen LogP contribution in [0.1, 0.15) is 89.9 Å². The number of rotatable bonds is 27. The Bertz CT molecular complexity index is 632. The molecule has 0 fully saturated rings. The van der Waals surface area contributed by atoms with Crippen molar-refractivity contribution in [3.05, 3.63) is 0 Å². The van der Waals surface area contributed by atoms with Gasteiger partial charge in [0.2, 0.25) is 0 Å². The van der Waals surface area contributed by atoms with Crippen molar-refractivity contribution in [1.29, 1.82) is 0 Å². The molecule has 0 aromatic heterocycles. The van der Waals surface area contributed by atoms with Crippen LogP contribution in [0.2, 0.25) is 0 Å². The molecular formula is C25H57N2O8P2+. The van der Waals surface area contributed by atoms with Gasteiger partial charge in [0.1, 0.15) is 13.2 Å². The van der Waals surface area contributed by atoms with Gasteiger partial charge in [0.05, 0.1) is 41.0 Å². The Morgan fingerprint density at radius 2 is 0.838 bits per heavy atom. The first kappa shape index (κ1) is 37.1. The summed E-state index contributed by atoms with van der Waals surface area (Å²) in [5.41, 5.74) is 0. The summed E-state index contributed by atoms with van der Waals surface area (Å²) in [4.78, 5) is 21.1. The quantitative estimate of drug-likeness (QED) is 0.0693. The standard InChI is InChI=1S/C25H56N2O8P2/c1-26(2)20-24-34-36(28,29)32-22-18-16-14-12-10-8-6-7-9-11-13-15-17-19-23-33-37(30,31)35-25-21-27(3,4)5/h6-25H2,1-5H3,(H-,28,29,30,31)/p+1. The molecule has 37 heavy (non-hydrogen) atoms. The molecule has 0 saturated heterocycles. The summed E-state index contributed by atoms with van der Waals surface area (Å²) >= 11 is 0. The molecule has 0 aliphatic carbocycles. The zero-order valence-corrected chi connectivity index (χ0v) is 26.1. The van der Waals surface area contributed by atoms with Crippen molar-refractivity contribution in [2.75, 3.05) is 74.8 Å². The summed E-state index contributed by atoms with van der Waals surface area (Å²) in [6.07, 6.45) is 15.7. The number of hydrogen-bond acceptors (Lipinski definition) is 7. The monoisotopic (exact) mass is 575 g/mol. The molecule has 10 nitrogen and oxygen atoms in total. The third-order valence-electron chi connectivity index (χ3n) is 5.86. The molecule has 0 heterocycles. The summed E-state index contributed by atoms with van der Waals surface area (Å²) < 4.78 is 44.2. The van der Waals surface area contributed by atoms with Crippen LogP contribution in [0.15, 0.2) is 0 Å². The Balaban J connectivity index is 3.36. The summed E-state index contributed by atoms with van der Waals surface area (Å²) in [6.45, 7) is 2.14. The first-order chi connectivity index (χ1) is 17.3. The van der Waals surface area contributed by atoms with E-state index in [1.807, 2.05) is 40.1 Å². The first-order valence-corrected chi connectivity index (χ1v) is 17.0. The van der Waals surface area contributed by atoms with E-state index in [1.165, 1.54) is 51.4 Å². The molecule has 12 heteroatoms. The number of unbranched alkanes of at least 4 members (excludes halogenated alkanes) is 13. The molecule has 0 radical (unpaired) electrons.